The van der Waals surface area contributed by atoms with Crippen LogP contribution in [0.3, 0.4) is 0 Å². The zero-order valence-corrected chi connectivity index (χ0v) is 15.8. The lowest BCUT2D eigenvalue weighted by Crippen LogP contribution is -2.15. The summed E-state index contributed by atoms with van der Waals surface area (Å²) in [6.45, 7) is 4.09. The molecule has 0 radical (unpaired) electrons. The minimum atomic E-state index is -0.429. The minimum Gasteiger partial charge on any atom is -0.462 e. The van der Waals surface area contributed by atoms with Crippen LogP contribution in [0, 0.1) is 0 Å². The Morgan fingerprint density at radius 3 is 2.70 bits per heavy atom. The molecule has 23 heavy (non-hydrogen) atoms. The molecule has 0 saturated heterocycles. The molecule has 1 N–H and O–H groups in total. The first-order valence-electron chi connectivity index (χ1n) is 6.77. The molecule has 2 heterocycles. The highest BCUT2D eigenvalue weighted by molar-refractivity contribution is 8.03. The Morgan fingerprint density at radius 2 is 2.00 bits per heavy atom. The highest BCUT2D eigenvalue weighted by Gasteiger charge is 2.16. The highest BCUT2D eigenvalue weighted by atomic mass is 32.2. The molecule has 0 atom stereocenters. The first-order valence-corrected chi connectivity index (χ1v) is 10.4. The van der Waals surface area contributed by atoms with E-state index in [1.807, 2.05) is 0 Å². The average molecular weight is 390 g/mol. The zero-order chi connectivity index (χ0) is 16.7. The van der Waals surface area contributed by atoms with Crippen molar-refractivity contribution in [2.75, 3.05) is 23.4 Å². The first-order chi connectivity index (χ1) is 11.1. The van der Waals surface area contributed by atoms with Crippen molar-refractivity contribution in [2.24, 2.45) is 0 Å². The summed E-state index contributed by atoms with van der Waals surface area (Å²) >= 11 is 5.72. The van der Waals surface area contributed by atoms with Gasteiger partial charge in [0, 0.05) is 0 Å². The molecule has 0 bridgehead atoms. The van der Waals surface area contributed by atoms with Crippen LogP contribution < -0.4 is 5.32 Å². The molecule has 0 aliphatic carbocycles. The van der Waals surface area contributed by atoms with Crippen LogP contribution in [-0.2, 0) is 9.53 Å². The maximum absolute atomic E-state index is 12.0. The van der Waals surface area contributed by atoms with Crippen molar-refractivity contribution in [3.63, 3.8) is 0 Å². The summed E-state index contributed by atoms with van der Waals surface area (Å²) in [7, 11) is 0. The van der Waals surface area contributed by atoms with Crippen molar-refractivity contribution in [3.05, 3.63) is 17.0 Å². The molecular formula is C13H15N3O3S4. The summed E-state index contributed by atoms with van der Waals surface area (Å²) in [5, 5.41) is 13.1. The smallest absolute Gasteiger partial charge is 0.341 e. The summed E-state index contributed by atoms with van der Waals surface area (Å²) < 4.78 is 6.61. The summed E-state index contributed by atoms with van der Waals surface area (Å²) in [6.07, 6.45) is 0. The van der Waals surface area contributed by atoms with Gasteiger partial charge in [0.1, 0.15) is 5.00 Å². The molecule has 6 nitrogen and oxygen atoms in total. The highest BCUT2D eigenvalue weighted by Crippen LogP contribution is 2.29. The fourth-order valence-electron chi connectivity index (χ4n) is 1.50. The number of amides is 1. The number of hydrogen-bond acceptors (Lipinski definition) is 9. The Balaban J connectivity index is 1.87. The molecule has 0 aliphatic rings. The van der Waals surface area contributed by atoms with Gasteiger partial charge in [0.15, 0.2) is 8.68 Å². The number of hydrogen-bond donors (Lipinski definition) is 1. The lowest BCUT2D eigenvalue weighted by Gasteiger charge is -2.05. The number of nitrogens with zero attached hydrogens (tertiary/aromatic N) is 2. The van der Waals surface area contributed by atoms with E-state index in [0.717, 1.165) is 14.4 Å². The number of thiophene rings is 1. The molecule has 124 valence electrons. The fraction of sp³-hybridized carbons (Fsp3) is 0.385. The number of anilines is 1. The monoisotopic (exact) mass is 389 g/mol. The number of rotatable bonds is 8. The third-order valence-electron chi connectivity index (χ3n) is 2.40. The molecule has 1 amide bonds. The van der Waals surface area contributed by atoms with E-state index in [0.29, 0.717) is 17.2 Å². The van der Waals surface area contributed by atoms with Crippen molar-refractivity contribution >= 4 is 63.1 Å². The molecule has 2 aromatic rings. The Hall–Kier alpha value is -1.10. The predicted octanol–water partition coefficient (Wildman–Crippen LogP) is 3.62. The van der Waals surface area contributed by atoms with E-state index in [4.69, 9.17) is 4.74 Å². The third-order valence-corrected chi connectivity index (χ3v) is 6.30. The van der Waals surface area contributed by atoms with Gasteiger partial charge in [-0.2, -0.15) is 0 Å². The van der Waals surface area contributed by atoms with Gasteiger partial charge in [0.05, 0.1) is 17.9 Å². The zero-order valence-electron chi connectivity index (χ0n) is 12.5. The number of carbonyl (C=O) groups is 2. The van der Waals surface area contributed by atoms with Crippen LogP contribution in [-0.4, -0.2) is 40.2 Å². The van der Waals surface area contributed by atoms with E-state index in [-0.39, 0.29) is 11.7 Å². The molecule has 10 heteroatoms. The van der Waals surface area contributed by atoms with Crippen LogP contribution in [0.2, 0.25) is 0 Å². The predicted molar refractivity (Wildman–Crippen MR) is 95.9 cm³/mol. The van der Waals surface area contributed by atoms with Crippen molar-refractivity contribution in [1.82, 2.24) is 10.2 Å². The standard InChI is InChI=1S/C13H15N3O3S4/c1-3-19-11(18)8-5-6-21-10(8)14-9(17)7-22-13-16-15-12(23-13)20-4-2/h5-6H,3-4,7H2,1-2H3,(H,14,17). The maximum Gasteiger partial charge on any atom is 0.341 e. The van der Waals surface area contributed by atoms with Crippen molar-refractivity contribution in [3.8, 4) is 0 Å². The lowest BCUT2D eigenvalue weighted by molar-refractivity contribution is -0.113. The van der Waals surface area contributed by atoms with Crippen molar-refractivity contribution < 1.29 is 14.3 Å². The number of esters is 1. The second-order valence-corrected chi connectivity index (χ2v) is 8.61. The van der Waals surface area contributed by atoms with Crippen LogP contribution in [0.25, 0.3) is 0 Å². The van der Waals surface area contributed by atoms with E-state index in [2.05, 4.69) is 22.4 Å². The Morgan fingerprint density at radius 1 is 1.26 bits per heavy atom. The van der Waals surface area contributed by atoms with Crippen LogP contribution in [0.1, 0.15) is 24.2 Å². The number of nitrogens with one attached hydrogen (secondary N) is 1. The number of carbonyl (C=O) groups excluding carboxylic acids is 2. The first kappa shape index (κ1) is 18.2. The minimum absolute atomic E-state index is 0.192. The molecular weight excluding hydrogens is 374 g/mol. The van der Waals surface area contributed by atoms with Gasteiger partial charge < -0.3 is 10.1 Å². The van der Waals surface area contributed by atoms with Gasteiger partial charge in [-0.15, -0.1) is 21.5 Å². The SMILES string of the molecule is CCOC(=O)c1ccsc1NC(=O)CSc1nnc(SCC)s1. The van der Waals surface area contributed by atoms with E-state index in [1.54, 1.807) is 30.1 Å². The third kappa shape index (κ3) is 5.48. The van der Waals surface area contributed by atoms with Gasteiger partial charge >= 0.3 is 5.97 Å². The summed E-state index contributed by atoms with van der Waals surface area (Å²) in [5.74, 6) is 0.533. The Kier molecular flexibility index (Phi) is 7.34. The molecule has 0 aliphatic heterocycles. The average Bonchev–Trinajstić information content (AvgIpc) is 3.15. The van der Waals surface area contributed by atoms with E-state index >= 15 is 0 Å². The second-order valence-electron chi connectivity index (χ2n) is 3.99. The quantitative estimate of drug-likeness (QED) is 0.545. The number of thioether (sulfide) groups is 2. The fourth-order valence-corrected chi connectivity index (χ4v) is 5.01. The van der Waals surface area contributed by atoms with Gasteiger partial charge in [-0.05, 0) is 24.1 Å². The number of ether oxygens (including phenoxy) is 1. The van der Waals surface area contributed by atoms with Crippen LogP contribution in [0.5, 0.6) is 0 Å². The molecule has 0 unspecified atom stereocenters. The molecule has 0 saturated carbocycles. The summed E-state index contributed by atoms with van der Waals surface area (Å²) in [5.41, 5.74) is 0.382. The Bertz CT molecular complexity index is 671. The van der Waals surface area contributed by atoms with Gasteiger partial charge in [0.2, 0.25) is 5.91 Å². The molecule has 0 fully saturated rings. The van der Waals surface area contributed by atoms with Crippen molar-refractivity contribution in [2.45, 2.75) is 22.5 Å². The lowest BCUT2D eigenvalue weighted by atomic mass is 10.3. The Labute approximate surface area is 150 Å². The van der Waals surface area contributed by atoms with E-state index in [9.17, 15) is 9.59 Å². The molecule has 2 aromatic heterocycles. The molecule has 0 spiro atoms. The summed E-state index contributed by atoms with van der Waals surface area (Å²) in [4.78, 5) is 23.8. The van der Waals surface area contributed by atoms with E-state index < -0.39 is 5.97 Å². The van der Waals surface area contributed by atoms with Crippen LogP contribution in [0.15, 0.2) is 20.1 Å². The summed E-state index contributed by atoms with van der Waals surface area (Å²) in [6, 6.07) is 1.64. The maximum atomic E-state index is 12.0. The van der Waals surface area contributed by atoms with Gasteiger partial charge in [0.25, 0.3) is 0 Å². The van der Waals surface area contributed by atoms with Gasteiger partial charge in [-0.25, -0.2) is 4.79 Å². The van der Waals surface area contributed by atoms with Crippen LogP contribution in [0.4, 0.5) is 5.00 Å². The topological polar surface area (TPSA) is 81.2 Å². The van der Waals surface area contributed by atoms with Crippen molar-refractivity contribution in [1.29, 1.82) is 0 Å². The second kappa shape index (κ2) is 9.26. The number of aromatic nitrogens is 2. The van der Waals surface area contributed by atoms with Crippen LogP contribution >= 0.6 is 46.2 Å². The largest absolute Gasteiger partial charge is 0.462 e. The van der Waals surface area contributed by atoms with E-state index in [1.165, 1.54) is 34.4 Å². The molecule has 2 rings (SSSR count). The van der Waals surface area contributed by atoms with Gasteiger partial charge in [-0.3, -0.25) is 4.79 Å². The normalized spacial score (nSPS) is 10.5. The molecule has 0 aromatic carbocycles. The van der Waals surface area contributed by atoms with Gasteiger partial charge in [-0.1, -0.05) is 41.8 Å².